The molecule has 0 radical (unpaired) electrons. The van der Waals surface area contributed by atoms with Crippen LogP contribution >= 0.6 is 0 Å². The molecule has 2 atom stereocenters. The first-order valence-electron chi connectivity index (χ1n) is 5.23. The summed E-state index contributed by atoms with van der Waals surface area (Å²) in [4.78, 5) is 0. The van der Waals surface area contributed by atoms with Crippen LogP contribution in [-0.2, 0) is 0 Å². The van der Waals surface area contributed by atoms with Gasteiger partial charge in [-0.2, -0.15) is 0 Å². The fraction of sp³-hybridized carbons (Fsp3) is 0.500. The molecule has 2 unspecified atom stereocenters. The molecule has 1 heterocycles. The Morgan fingerprint density at radius 3 is 2.79 bits per heavy atom. The summed E-state index contributed by atoms with van der Waals surface area (Å²) >= 11 is 0. The predicted molar refractivity (Wildman–Crippen MR) is 57.2 cm³/mol. The smallest absolute Gasteiger partial charge is 0.0584 e. The monoisotopic (exact) mass is 191 g/mol. The number of benzene rings is 1. The summed E-state index contributed by atoms with van der Waals surface area (Å²) in [5.41, 5.74) is 2.71. The maximum Gasteiger partial charge on any atom is 0.0584 e. The normalized spacial score (nSPS) is 26.7. The highest BCUT2D eigenvalue weighted by atomic mass is 16.3. The molecule has 2 rings (SSSR count). The van der Waals surface area contributed by atoms with Gasteiger partial charge < -0.3 is 10.4 Å². The quantitative estimate of drug-likeness (QED) is 0.747. The SMILES string of the molecule is Cc1ccccc1C1CCC(CO)N1. The molecule has 0 bridgehead atoms. The molecule has 1 aromatic rings. The standard InChI is InChI=1S/C12H17NO/c1-9-4-2-3-5-11(9)12-7-6-10(8-14)13-12/h2-5,10,12-14H,6-8H2,1H3. The van der Waals surface area contributed by atoms with Crippen LogP contribution in [0.3, 0.4) is 0 Å². The molecule has 14 heavy (non-hydrogen) atoms. The van der Waals surface area contributed by atoms with Crippen LogP contribution < -0.4 is 5.32 Å². The molecule has 2 heteroatoms. The Balaban J connectivity index is 2.13. The van der Waals surface area contributed by atoms with E-state index in [1.54, 1.807) is 0 Å². The maximum atomic E-state index is 9.04. The van der Waals surface area contributed by atoms with Gasteiger partial charge in [0.2, 0.25) is 0 Å². The Kier molecular flexibility index (Phi) is 2.85. The van der Waals surface area contributed by atoms with Crippen molar-refractivity contribution in [3.63, 3.8) is 0 Å². The van der Waals surface area contributed by atoms with Crippen molar-refractivity contribution in [2.24, 2.45) is 0 Å². The number of aliphatic hydroxyl groups excluding tert-OH is 1. The van der Waals surface area contributed by atoms with Crippen LogP contribution in [0.1, 0.15) is 30.0 Å². The second kappa shape index (κ2) is 4.11. The lowest BCUT2D eigenvalue weighted by Crippen LogP contribution is -2.27. The van der Waals surface area contributed by atoms with Gasteiger partial charge in [-0.1, -0.05) is 24.3 Å². The molecule has 1 aromatic carbocycles. The lowest BCUT2D eigenvalue weighted by atomic mass is 10.0. The van der Waals surface area contributed by atoms with Gasteiger partial charge in [0.1, 0.15) is 0 Å². The van der Waals surface area contributed by atoms with E-state index in [9.17, 15) is 0 Å². The number of nitrogens with one attached hydrogen (secondary N) is 1. The van der Waals surface area contributed by atoms with Crippen LogP contribution in [0, 0.1) is 6.92 Å². The number of hydrogen-bond donors (Lipinski definition) is 2. The third kappa shape index (κ3) is 1.81. The fourth-order valence-corrected chi connectivity index (χ4v) is 2.19. The van der Waals surface area contributed by atoms with Crippen LogP contribution in [-0.4, -0.2) is 17.8 Å². The molecule has 0 aromatic heterocycles. The minimum Gasteiger partial charge on any atom is -0.395 e. The first-order valence-corrected chi connectivity index (χ1v) is 5.23. The third-order valence-electron chi connectivity index (χ3n) is 3.02. The largest absolute Gasteiger partial charge is 0.395 e. The van der Waals surface area contributed by atoms with Gasteiger partial charge in [0.25, 0.3) is 0 Å². The van der Waals surface area contributed by atoms with E-state index < -0.39 is 0 Å². The van der Waals surface area contributed by atoms with Crippen molar-refractivity contribution < 1.29 is 5.11 Å². The summed E-state index contributed by atoms with van der Waals surface area (Å²) in [6, 6.07) is 9.19. The van der Waals surface area contributed by atoms with E-state index in [0.717, 1.165) is 12.8 Å². The van der Waals surface area contributed by atoms with Crippen molar-refractivity contribution in [2.45, 2.75) is 31.8 Å². The number of aryl methyl sites for hydroxylation is 1. The average molecular weight is 191 g/mol. The first kappa shape index (κ1) is 9.69. The Morgan fingerprint density at radius 1 is 1.36 bits per heavy atom. The molecule has 1 saturated heterocycles. The molecule has 1 aliphatic heterocycles. The van der Waals surface area contributed by atoms with E-state index in [-0.39, 0.29) is 6.61 Å². The van der Waals surface area contributed by atoms with E-state index in [2.05, 4.69) is 36.5 Å². The second-order valence-electron chi connectivity index (χ2n) is 4.03. The summed E-state index contributed by atoms with van der Waals surface area (Å²) in [5, 5.41) is 12.5. The Bertz CT molecular complexity index is 311. The van der Waals surface area contributed by atoms with Gasteiger partial charge in [0, 0.05) is 12.1 Å². The van der Waals surface area contributed by atoms with Crippen LogP contribution in [0.15, 0.2) is 24.3 Å². The molecule has 2 nitrogen and oxygen atoms in total. The summed E-state index contributed by atoms with van der Waals surface area (Å²) in [5.74, 6) is 0. The maximum absolute atomic E-state index is 9.04. The summed E-state index contributed by atoms with van der Waals surface area (Å²) in [6.07, 6.45) is 2.21. The average Bonchev–Trinajstić information content (AvgIpc) is 2.67. The molecule has 1 fully saturated rings. The van der Waals surface area contributed by atoms with E-state index in [1.807, 2.05) is 0 Å². The molecule has 0 saturated carbocycles. The lowest BCUT2D eigenvalue weighted by Gasteiger charge is -2.15. The second-order valence-corrected chi connectivity index (χ2v) is 4.03. The van der Waals surface area contributed by atoms with Gasteiger partial charge in [0.15, 0.2) is 0 Å². The number of aliphatic hydroxyl groups is 1. The first-order chi connectivity index (χ1) is 6.81. The summed E-state index contributed by atoms with van der Waals surface area (Å²) in [6.45, 7) is 2.39. The minimum absolute atomic E-state index is 0.252. The van der Waals surface area contributed by atoms with E-state index >= 15 is 0 Å². The van der Waals surface area contributed by atoms with Crippen molar-refractivity contribution in [2.75, 3.05) is 6.61 Å². The van der Waals surface area contributed by atoms with Crippen molar-refractivity contribution in [1.82, 2.24) is 5.32 Å². The number of hydrogen-bond acceptors (Lipinski definition) is 2. The van der Waals surface area contributed by atoms with Crippen molar-refractivity contribution in [3.05, 3.63) is 35.4 Å². The topological polar surface area (TPSA) is 32.3 Å². The lowest BCUT2D eigenvalue weighted by molar-refractivity contribution is 0.251. The highest BCUT2D eigenvalue weighted by molar-refractivity contribution is 5.29. The highest BCUT2D eigenvalue weighted by Gasteiger charge is 2.24. The fourth-order valence-electron chi connectivity index (χ4n) is 2.19. The van der Waals surface area contributed by atoms with Gasteiger partial charge in [-0.05, 0) is 30.9 Å². The zero-order valence-electron chi connectivity index (χ0n) is 8.53. The summed E-state index contributed by atoms with van der Waals surface area (Å²) < 4.78 is 0. The molecular weight excluding hydrogens is 174 g/mol. The van der Waals surface area contributed by atoms with Gasteiger partial charge in [-0.15, -0.1) is 0 Å². The Hall–Kier alpha value is -0.860. The van der Waals surface area contributed by atoms with Crippen LogP contribution in [0.4, 0.5) is 0 Å². The van der Waals surface area contributed by atoms with E-state index in [4.69, 9.17) is 5.11 Å². The van der Waals surface area contributed by atoms with Crippen molar-refractivity contribution in [3.8, 4) is 0 Å². The summed E-state index contributed by atoms with van der Waals surface area (Å²) in [7, 11) is 0. The zero-order valence-corrected chi connectivity index (χ0v) is 8.53. The Labute approximate surface area is 85.0 Å². The van der Waals surface area contributed by atoms with Gasteiger partial charge in [0.05, 0.1) is 6.61 Å². The minimum atomic E-state index is 0.252. The van der Waals surface area contributed by atoms with E-state index in [1.165, 1.54) is 11.1 Å². The van der Waals surface area contributed by atoms with Crippen molar-refractivity contribution in [1.29, 1.82) is 0 Å². The molecule has 76 valence electrons. The molecule has 0 spiro atoms. The predicted octanol–water partition coefficient (Wildman–Crippen LogP) is 1.78. The highest BCUT2D eigenvalue weighted by Crippen LogP contribution is 2.28. The third-order valence-corrected chi connectivity index (χ3v) is 3.02. The van der Waals surface area contributed by atoms with Crippen LogP contribution in [0.5, 0.6) is 0 Å². The number of rotatable bonds is 2. The molecule has 0 aliphatic carbocycles. The molecular formula is C12H17NO. The van der Waals surface area contributed by atoms with Gasteiger partial charge in [-0.3, -0.25) is 0 Å². The molecule has 1 aliphatic rings. The molecule has 0 amide bonds. The zero-order chi connectivity index (χ0) is 9.97. The van der Waals surface area contributed by atoms with Crippen molar-refractivity contribution >= 4 is 0 Å². The molecule has 2 N–H and O–H groups in total. The van der Waals surface area contributed by atoms with Crippen LogP contribution in [0.25, 0.3) is 0 Å². The van der Waals surface area contributed by atoms with Crippen LogP contribution in [0.2, 0.25) is 0 Å². The van der Waals surface area contributed by atoms with Gasteiger partial charge in [-0.25, -0.2) is 0 Å². The Morgan fingerprint density at radius 2 is 2.14 bits per heavy atom. The van der Waals surface area contributed by atoms with E-state index in [0.29, 0.717) is 12.1 Å². The van der Waals surface area contributed by atoms with Gasteiger partial charge >= 0.3 is 0 Å².